The van der Waals surface area contributed by atoms with Gasteiger partial charge in [0.1, 0.15) is 0 Å². The molecule has 0 bridgehead atoms. The molecule has 0 spiro atoms. The summed E-state index contributed by atoms with van der Waals surface area (Å²) in [7, 11) is 3.05. The van der Waals surface area contributed by atoms with E-state index in [0.29, 0.717) is 34.6 Å². The Kier molecular flexibility index (Phi) is 5.49. The van der Waals surface area contributed by atoms with Crippen molar-refractivity contribution in [2.75, 3.05) is 19.5 Å². The highest BCUT2D eigenvalue weighted by molar-refractivity contribution is 5.90. The fourth-order valence-electron chi connectivity index (χ4n) is 3.10. The first kappa shape index (κ1) is 19.2. The number of fused-ring (bicyclic) bond motifs is 1. The number of carbonyl (C=O) groups is 1. The number of rotatable bonds is 6. The number of benzene rings is 2. The number of para-hydroxylation sites is 1. The van der Waals surface area contributed by atoms with Crippen molar-refractivity contribution in [3.8, 4) is 23.4 Å². The molecule has 0 aliphatic carbocycles. The molecule has 3 N–H and O–H groups in total. The van der Waals surface area contributed by atoms with Gasteiger partial charge in [-0.05, 0) is 25.1 Å². The van der Waals surface area contributed by atoms with Crippen LogP contribution in [0.3, 0.4) is 0 Å². The molecule has 3 aromatic rings. The Morgan fingerprint density at radius 2 is 1.75 bits per heavy atom. The van der Waals surface area contributed by atoms with E-state index in [-0.39, 0.29) is 24.3 Å². The molecule has 0 radical (unpaired) electrons. The summed E-state index contributed by atoms with van der Waals surface area (Å²) in [6.07, 6.45) is 0. The fourth-order valence-corrected chi connectivity index (χ4v) is 3.10. The Morgan fingerprint density at radius 1 is 1.04 bits per heavy atom. The number of nitrogens with one attached hydrogen (secondary N) is 1. The topological polar surface area (TPSA) is 95.8 Å². The summed E-state index contributed by atoms with van der Waals surface area (Å²) in [4.78, 5) is 12.6. The molecule has 0 atom stereocenters. The molecule has 1 aromatic heterocycles. The van der Waals surface area contributed by atoms with Crippen LogP contribution in [-0.2, 0) is 17.9 Å². The van der Waals surface area contributed by atoms with Crippen molar-refractivity contribution in [2.45, 2.75) is 20.0 Å². The molecule has 0 aliphatic rings. The molecule has 0 saturated carbocycles. The normalized spacial score (nSPS) is 10.7. The zero-order chi connectivity index (χ0) is 20.3. The van der Waals surface area contributed by atoms with Gasteiger partial charge in [0.15, 0.2) is 23.4 Å². The van der Waals surface area contributed by atoms with Crippen LogP contribution in [0.15, 0.2) is 42.5 Å². The summed E-state index contributed by atoms with van der Waals surface area (Å²) in [5.41, 5.74) is 1.08. The van der Waals surface area contributed by atoms with Gasteiger partial charge in [0.25, 0.3) is 5.91 Å². The predicted molar refractivity (Wildman–Crippen MR) is 102 cm³/mol. The first-order valence-electron chi connectivity index (χ1n) is 8.78. The number of aromatic hydroxyl groups is 2. The number of hydrogen-bond acceptors (Lipinski definition) is 5. The molecule has 0 aliphatic heterocycles. The van der Waals surface area contributed by atoms with Gasteiger partial charge >= 0.3 is 11.9 Å². The van der Waals surface area contributed by atoms with Crippen LogP contribution in [0.25, 0.3) is 10.9 Å². The second-order valence-corrected chi connectivity index (χ2v) is 6.09. The average molecular weight is 385 g/mol. The highest BCUT2D eigenvalue weighted by Gasteiger charge is 2.33. The third-order valence-electron chi connectivity index (χ3n) is 4.46. The predicted octanol–water partition coefficient (Wildman–Crippen LogP) is 1.50. The molecule has 28 heavy (non-hydrogen) atoms. The van der Waals surface area contributed by atoms with Gasteiger partial charge < -0.3 is 25.0 Å². The summed E-state index contributed by atoms with van der Waals surface area (Å²) in [5, 5.41) is 24.3. The number of ether oxygens (including phenoxy) is 2. The number of anilines is 1. The Labute approximate surface area is 162 Å². The number of methoxy groups -OCH3 is 2. The fraction of sp³-hybridized carbons (Fsp3) is 0.250. The monoisotopic (exact) mass is 385 g/mol. The van der Waals surface area contributed by atoms with Crippen LogP contribution in [0.2, 0.25) is 0 Å². The van der Waals surface area contributed by atoms with Gasteiger partial charge in [0, 0.05) is 17.8 Å². The lowest BCUT2D eigenvalue weighted by Crippen LogP contribution is -2.50. The Hall–Kier alpha value is -3.55. The zero-order valence-corrected chi connectivity index (χ0v) is 16.0. The maximum absolute atomic E-state index is 12.6. The highest BCUT2D eigenvalue weighted by atomic mass is 16.5. The van der Waals surface area contributed by atoms with Crippen molar-refractivity contribution in [3.63, 3.8) is 0 Å². The van der Waals surface area contributed by atoms with Crippen LogP contribution in [0.1, 0.15) is 6.92 Å². The van der Waals surface area contributed by atoms with Crippen molar-refractivity contribution in [1.82, 2.24) is 0 Å². The van der Waals surface area contributed by atoms with E-state index in [4.69, 9.17) is 9.47 Å². The number of carbonyl (C=O) groups excluding carboxylic acids is 1. The largest absolute Gasteiger partial charge is 0.632 e. The van der Waals surface area contributed by atoms with Crippen molar-refractivity contribution < 1.29 is 33.6 Å². The summed E-state index contributed by atoms with van der Waals surface area (Å²) in [6, 6.07) is 11.9. The van der Waals surface area contributed by atoms with Gasteiger partial charge in [-0.25, -0.2) is 0 Å². The van der Waals surface area contributed by atoms with E-state index in [0.717, 1.165) is 0 Å². The molecule has 0 saturated heterocycles. The van der Waals surface area contributed by atoms with E-state index in [1.54, 1.807) is 49.4 Å². The molecule has 3 rings (SSSR count). The van der Waals surface area contributed by atoms with Crippen molar-refractivity contribution in [3.05, 3.63) is 42.5 Å². The first-order valence-corrected chi connectivity index (χ1v) is 8.78. The first-order chi connectivity index (χ1) is 13.5. The van der Waals surface area contributed by atoms with E-state index < -0.39 is 0 Å². The molecule has 8 nitrogen and oxygen atoms in total. The molecule has 0 fully saturated rings. The van der Waals surface area contributed by atoms with Gasteiger partial charge in [-0.2, -0.15) is 0 Å². The van der Waals surface area contributed by atoms with Crippen LogP contribution in [0.4, 0.5) is 5.69 Å². The van der Waals surface area contributed by atoms with E-state index in [1.165, 1.54) is 23.4 Å². The molecule has 146 valence electrons. The molecular weight excluding hydrogens is 362 g/mol. The molecule has 1 heterocycles. The van der Waals surface area contributed by atoms with Gasteiger partial charge in [0.05, 0.1) is 14.2 Å². The molecule has 8 heteroatoms. The van der Waals surface area contributed by atoms with Gasteiger partial charge in [-0.1, -0.05) is 21.3 Å². The zero-order valence-electron chi connectivity index (χ0n) is 16.0. The van der Waals surface area contributed by atoms with Crippen molar-refractivity contribution in [2.24, 2.45) is 0 Å². The van der Waals surface area contributed by atoms with E-state index >= 15 is 0 Å². The Morgan fingerprint density at radius 3 is 2.43 bits per heavy atom. The van der Waals surface area contributed by atoms with Crippen LogP contribution in [0, 0.1) is 0 Å². The molecule has 0 unspecified atom stereocenters. The van der Waals surface area contributed by atoms with Gasteiger partial charge in [-0.3, -0.25) is 4.79 Å². The number of nitrogens with zero attached hydrogens (tertiary/aromatic N) is 2. The minimum Gasteiger partial charge on any atom is -0.493 e. The number of aromatic nitrogens is 2. The lowest BCUT2D eigenvalue weighted by atomic mass is 10.2. The van der Waals surface area contributed by atoms with Crippen LogP contribution in [0.5, 0.6) is 23.4 Å². The summed E-state index contributed by atoms with van der Waals surface area (Å²) >= 11 is 0. The maximum atomic E-state index is 12.6. The molecule has 2 aromatic carbocycles. The number of hydrogen-bond donors (Lipinski definition) is 3. The second-order valence-electron chi connectivity index (χ2n) is 6.09. The Bertz CT molecular complexity index is 1040. The Balaban J connectivity index is 1.94. The standard InChI is InChI=1S/C20H21N3O5/c1-4-22-19(25)14-7-5-6-8-15(14)23(20(22)26)12-18(24)21-13-9-10-16(27-2)17(11-13)28-3/h5-11H,4,12H2,1-3H3,(H,21,24)/p+2. The van der Waals surface area contributed by atoms with Crippen molar-refractivity contribution >= 4 is 22.5 Å². The van der Waals surface area contributed by atoms with Crippen LogP contribution >= 0.6 is 0 Å². The van der Waals surface area contributed by atoms with E-state index in [1.807, 2.05) is 0 Å². The minimum atomic E-state index is -0.342. The van der Waals surface area contributed by atoms with Gasteiger partial charge in [0.2, 0.25) is 12.1 Å². The van der Waals surface area contributed by atoms with E-state index in [2.05, 4.69) is 5.32 Å². The SMILES string of the molecule is CC[n+]1c(O)c2ccccc2[n+](CC(=O)Nc2ccc(OC)c(OC)c2)c1O. The van der Waals surface area contributed by atoms with Crippen molar-refractivity contribution in [1.29, 1.82) is 0 Å². The second kappa shape index (κ2) is 7.99. The summed E-state index contributed by atoms with van der Waals surface area (Å²) in [6.45, 7) is 2.00. The molecular formula is C20H23N3O5+2. The van der Waals surface area contributed by atoms with E-state index in [9.17, 15) is 15.0 Å². The van der Waals surface area contributed by atoms with Crippen LogP contribution < -0.4 is 23.9 Å². The third-order valence-corrected chi connectivity index (χ3v) is 4.46. The summed E-state index contributed by atoms with van der Waals surface area (Å²) < 4.78 is 13.2. The lowest BCUT2D eigenvalue weighted by Gasteiger charge is -2.10. The smallest absolute Gasteiger partial charge is 0.493 e. The average Bonchev–Trinajstić information content (AvgIpc) is 2.71. The quantitative estimate of drug-likeness (QED) is 0.559. The van der Waals surface area contributed by atoms with Gasteiger partial charge in [-0.15, -0.1) is 0 Å². The number of amides is 1. The lowest BCUT2D eigenvalue weighted by molar-refractivity contribution is -0.815. The minimum absolute atomic E-state index is 0.0489. The summed E-state index contributed by atoms with van der Waals surface area (Å²) in [5.74, 6) is 0.661. The third kappa shape index (κ3) is 3.48. The highest BCUT2D eigenvalue weighted by Crippen LogP contribution is 2.29. The maximum Gasteiger partial charge on any atom is 0.632 e. The van der Waals surface area contributed by atoms with Crippen LogP contribution in [-0.4, -0.2) is 30.3 Å². The molecule has 1 amide bonds.